The first-order chi connectivity index (χ1) is 12.4. The smallest absolute Gasteiger partial charge is 0.242 e. The number of halogens is 2. The largest absolute Gasteiger partial charge is 0.346 e. The van der Waals surface area contributed by atoms with Crippen LogP contribution in [0.3, 0.4) is 0 Å². The first-order valence-electron chi connectivity index (χ1n) is 9.46. The Labute approximate surface area is 167 Å². The fraction of sp³-hybridized carbons (Fsp3) is 0.600. The number of carbonyl (C=O) groups is 2. The Hall–Kier alpha value is -1.66. The summed E-state index contributed by atoms with van der Waals surface area (Å²) in [5.74, 6) is -0.675. The first kappa shape index (κ1) is 23.4. The molecule has 1 fully saturated rings. The van der Waals surface area contributed by atoms with Crippen molar-refractivity contribution in [1.29, 1.82) is 0 Å². The molecule has 2 amide bonds. The van der Waals surface area contributed by atoms with E-state index < -0.39 is 6.04 Å². The Kier molecular flexibility index (Phi) is 9.74. The zero-order valence-corrected chi connectivity index (χ0v) is 16.9. The van der Waals surface area contributed by atoms with Crippen LogP contribution in [0.15, 0.2) is 24.3 Å². The van der Waals surface area contributed by atoms with Gasteiger partial charge in [0.2, 0.25) is 11.8 Å². The molecule has 0 aliphatic heterocycles. The third-order valence-corrected chi connectivity index (χ3v) is 5.10. The van der Waals surface area contributed by atoms with Crippen LogP contribution in [-0.2, 0) is 16.0 Å². The molecule has 2 rings (SSSR count). The van der Waals surface area contributed by atoms with E-state index in [2.05, 4.69) is 5.32 Å². The van der Waals surface area contributed by atoms with E-state index in [-0.39, 0.29) is 48.5 Å². The third kappa shape index (κ3) is 6.78. The minimum absolute atomic E-state index is 0. The second-order valence-electron chi connectivity index (χ2n) is 7.35. The lowest BCUT2D eigenvalue weighted by Gasteiger charge is -2.29. The van der Waals surface area contributed by atoms with Crippen molar-refractivity contribution < 1.29 is 14.0 Å². The molecule has 0 heterocycles. The maximum atomic E-state index is 13.9. The van der Waals surface area contributed by atoms with Gasteiger partial charge < -0.3 is 16.0 Å². The molecule has 1 aromatic rings. The van der Waals surface area contributed by atoms with Crippen LogP contribution in [0.1, 0.15) is 45.1 Å². The topological polar surface area (TPSA) is 75.4 Å². The van der Waals surface area contributed by atoms with Crippen molar-refractivity contribution in [1.82, 2.24) is 10.2 Å². The van der Waals surface area contributed by atoms with Crippen molar-refractivity contribution in [3.63, 3.8) is 0 Å². The van der Waals surface area contributed by atoms with Crippen molar-refractivity contribution in [3.05, 3.63) is 35.6 Å². The SMILES string of the molecule is CC(C)[C@H](N)C(=O)NCC(=O)N(CCc1ccccc1F)C1CCCC1.Cl. The summed E-state index contributed by atoms with van der Waals surface area (Å²) >= 11 is 0. The van der Waals surface area contributed by atoms with Gasteiger partial charge in [-0.1, -0.05) is 44.9 Å². The van der Waals surface area contributed by atoms with Crippen LogP contribution >= 0.6 is 12.4 Å². The number of hydrogen-bond donors (Lipinski definition) is 2. The van der Waals surface area contributed by atoms with Crippen LogP contribution < -0.4 is 11.1 Å². The molecule has 0 bridgehead atoms. The van der Waals surface area contributed by atoms with Gasteiger partial charge in [-0.3, -0.25) is 9.59 Å². The van der Waals surface area contributed by atoms with Gasteiger partial charge >= 0.3 is 0 Å². The fourth-order valence-corrected chi connectivity index (χ4v) is 3.35. The summed E-state index contributed by atoms with van der Waals surface area (Å²) in [6.45, 7) is 4.13. The number of nitrogens with one attached hydrogen (secondary N) is 1. The molecule has 1 aliphatic rings. The quantitative estimate of drug-likeness (QED) is 0.705. The van der Waals surface area contributed by atoms with Crippen molar-refractivity contribution in [2.45, 2.75) is 58.0 Å². The van der Waals surface area contributed by atoms with Gasteiger partial charge in [0, 0.05) is 12.6 Å². The normalized spacial score (nSPS) is 15.3. The lowest BCUT2D eigenvalue weighted by Crippen LogP contribution is -2.50. The molecule has 1 saturated carbocycles. The Bertz CT molecular complexity index is 621. The van der Waals surface area contributed by atoms with Crippen molar-refractivity contribution in [2.75, 3.05) is 13.1 Å². The summed E-state index contributed by atoms with van der Waals surface area (Å²) in [4.78, 5) is 26.5. The highest BCUT2D eigenvalue weighted by Crippen LogP contribution is 2.24. The van der Waals surface area contributed by atoms with Crippen LogP contribution in [0.5, 0.6) is 0 Å². The van der Waals surface area contributed by atoms with E-state index in [9.17, 15) is 14.0 Å². The van der Waals surface area contributed by atoms with E-state index in [1.54, 1.807) is 23.1 Å². The van der Waals surface area contributed by atoms with Gasteiger partial charge in [0.15, 0.2) is 0 Å². The molecule has 3 N–H and O–H groups in total. The third-order valence-electron chi connectivity index (χ3n) is 5.10. The molecule has 0 unspecified atom stereocenters. The molecule has 7 heteroatoms. The van der Waals surface area contributed by atoms with E-state index in [4.69, 9.17) is 5.73 Å². The molecular formula is C20H31ClFN3O2. The monoisotopic (exact) mass is 399 g/mol. The highest BCUT2D eigenvalue weighted by atomic mass is 35.5. The summed E-state index contributed by atoms with van der Waals surface area (Å²) < 4.78 is 13.9. The minimum atomic E-state index is -0.624. The molecule has 0 saturated heterocycles. The van der Waals surface area contributed by atoms with Gasteiger partial charge in [0.05, 0.1) is 12.6 Å². The summed E-state index contributed by atoms with van der Waals surface area (Å²) in [6.07, 6.45) is 4.58. The van der Waals surface area contributed by atoms with Gasteiger partial charge in [-0.25, -0.2) is 4.39 Å². The van der Waals surface area contributed by atoms with Crippen LogP contribution in [0, 0.1) is 11.7 Å². The molecule has 0 aromatic heterocycles. The summed E-state index contributed by atoms with van der Waals surface area (Å²) in [5, 5.41) is 2.65. The molecule has 5 nitrogen and oxygen atoms in total. The molecule has 27 heavy (non-hydrogen) atoms. The van der Waals surface area contributed by atoms with Crippen molar-refractivity contribution in [3.8, 4) is 0 Å². The fourth-order valence-electron chi connectivity index (χ4n) is 3.35. The first-order valence-corrected chi connectivity index (χ1v) is 9.46. The van der Waals surface area contributed by atoms with Gasteiger partial charge in [-0.2, -0.15) is 0 Å². The number of nitrogens with zero attached hydrogens (tertiary/aromatic N) is 1. The highest BCUT2D eigenvalue weighted by Gasteiger charge is 2.27. The van der Waals surface area contributed by atoms with Crippen LogP contribution in [-0.4, -0.2) is 41.9 Å². The number of amides is 2. The Morgan fingerprint density at radius 1 is 1.26 bits per heavy atom. The number of hydrogen-bond acceptors (Lipinski definition) is 3. The van der Waals surface area contributed by atoms with E-state index >= 15 is 0 Å². The second kappa shape index (κ2) is 11.2. The van der Waals surface area contributed by atoms with Crippen molar-refractivity contribution in [2.24, 2.45) is 11.7 Å². The van der Waals surface area contributed by atoms with E-state index in [0.29, 0.717) is 18.5 Å². The molecule has 0 radical (unpaired) electrons. The average Bonchev–Trinajstić information content (AvgIpc) is 3.14. The number of carbonyl (C=O) groups excluding carboxylic acids is 2. The Balaban J connectivity index is 0.00000364. The Morgan fingerprint density at radius 3 is 2.48 bits per heavy atom. The number of rotatable bonds is 8. The van der Waals surface area contributed by atoms with E-state index in [1.165, 1.54) is 6.07 Å². The van der Waals surface area contributed by atoms with E-state index in [0.717, 1.165) is 25.7 Å². The minimum Gasteiger partial charge on any atom is -0.346 e. The summed E-state index contributed by atoms with van der Waals surface area (Å²) in [6, 6.07) is 6.19. The molecular weight excluding hydrogens is 369 g/mol. The van der Waals surface area contributed by atoms with Gasteiger partial charge in [-0.05, 0) is 36.8 Å². The molecule has 1 aromatic carbocycles. The van der Waals surface area contributed by atoms with E-state index in [1.807, 2.05) is 13.8 Å². The molecule has 152 valence electrons. The summed E-state index contributed by atoms with van der Waals surface area (Å²) in [7, 11) is 0. The number of nitrogens with two attached hydrogens (primary N) is 1. The molecule has 0 spiro atoms. The Morgan fingerprint density at radius 2 is 1.89 bits per heavy atom. The van der Waals surface area contributed by atoms with Crippen LogP contribution in [0.2, 0.25) is 0 Å². The lowest BCUT2D eigenvalue weighted by atomic mass is 10.1. The zero-order valence-electron chi connectivity index (χ0n) is 16.1. The maximum absolute atomic E-state index is 13.9. The van der Waals surface area contributed by atoms with Crippen LogP contribution in [0.4, 0.5) is 4.39 Å². The van der Waals surface area contributed by atoms with Crippen LogP contribution in [0.25, 0.3) is 0 Å². The predicted octanol–water partition coefficient (Wildman–Crippen LogP) is 2.66. The maximum Gasteiger partial charge on any atom is 0.242 e. The highest BCUT2D eigenvalue weighted by molar-refractivity contribution is 5.87. The lowest BCUT2D eigenvalue weighted by molar-refractivity contribution is -0.135. The zero-order chi connectivity index (χ0) is 19.1. The second-order valence-corrected chi connectivity index (χ2v) is 7.35. The molecule has 1 aliphatic carbocycles. The molecule has 1 atom stereocenters. The van der Waals surface area contributed by atoms with Gasteiger partial charge in [-0.15, -0.1) is 12.4 Å². The standard InChI is InChI=1S/C20H30FN3O2.ClH/c1-14(2)19(22)20(26)23-13-18(25)24(16-8-4-5-9-16)12-11-15-7-3-6-10-17(15)21;/h3,6-7,10,14,16,19H,4-5,8-9,11-13,22H2,1-2H3,(H,23,26);1H/t19-;/m0./s1. The summed E-state index contributed by atoms with van der Waals surface area (Å²) in [5.41, 5.74) is 6.42. The number of benzene rings is 1. The van der Waals surface area contributed by atoms with Crippen molar-refractivity contribution >= 4 is 24.2 Å². The predicted molar refractivity (Wildman–Crippen MR) is 107 cm³/mol. The van der Waals surface area contributed by atoms with Gasteiger partial charge in [0.1, 0.15) is 5.82 Å². The van der Waals surface area contributed by atoms with Gasteiger partial charge in [0.25, 0.3) is 0 Å². The average molecular weight is 400 g/mol.